The molecular formula is C10H15NO4S2. The molecule has 1 N–H and O–H groups in total. The number of ether oxygens (including phenoxy) is 1. The van der Waals surface area contributed by atoms with Gasteiger partial charge in [0.15, 0.2) is 0 Å². The third kappa shape index (κ3) is 4.01. The molecule has 0 amide bonds. The Balaban J connectivity index is 2.86. The second-order valence-corrected chi connectivity index (χ2v) is 6.06. The molecule has 5 nitrogen and oxygen atoms in total. The summed E-state index contributed by atoms with van der Waals surface area (Å²) in [5, 5.41) is 1.97. The predicted octanol–water partition coefficient (Wildman–Crippen LogP) is 2.08. The van der Waals surface area contributed by atoms with Gasteiger partial charge in [0.05, 0.1) is 17.9 Å². The quantitative estimate of drug-likeness (QED) is 0.808. The van der Waals surface area contributed by atoms with Crippen LogP contribution in [0.1, 0.15) is 30.6 Å². The molecule has 1 aromatic heterocycles. The van der Waals surface area contributed by atoms with Crippen LogP contribution in [-0.2, 0) is 14.8 Å². The van der Waals surface area contributed by atoms with Gasteiger partial charge in [-0.25, -0.2) is 13.2 Å². The molecule has 1 heterocycles. The number of hydrogen-bond donors (Lipinski definition) is 1. The maximum atomic E-state index is 11.6. The highest BCUT2D eigenvalue weighted by Crippen LogP contribution is 2.25. The fourth-order valence-electron chi connectivity index (χ4n) is 1.22. The molecule has 0 atom stereocenters. The van der Waals surface area contributed by atoms with Gasteiger partial charge in [-0.05, 0) is 24.8 Å². The summed E-state index contributed by atoms with van der Waals surface area (Å²) >= 11 is 1.17. The molecule has 0 saturated heterocycles. The molecule has 0 aliphatic rings. The average Bonchev–Trinajstić information content (AvgIpc) is 2.65. The maximum Gasteiger partial charge on any atom is 0.341 e. The number of sulfonamides is 1. The molecule has 0 aliphatic heterocycles. The van der Waals surface area contributed by atoms with Gasteiger partial charge >= 0.3 is 5.97 Å². The zero-order chi connectivity index (χ0) is 12.9. The number of esters is 1. The Labute approximate surface area is 105 Å². The van der Waals surface area contributed by atoms with E-state index in [0.29, 0.717) is 11.4 Å². The highest BCUT2D eigenvalue weighted by atomic mass is 32.2. The van der Waals surface area contributed by atoms with Crippen molar-refractivity contribution in [1.29, 1.82) is 0 Å². The number of thiophene rings is 1. The Hall–Kier alpha value is -1.08. The van der Waals surface area contributed by atoms with Crippen LogP contribution in [0.15, 0.2) is 11.4 Å². The van der Waals surface area contributed by atoms with Crippen LogP contribution in [-0.4, -0.2) is 26.7 Å². The zero-order valence-electron chi connectivity index (χ0n) is 9.73. The van der Waals surface area contributed by atoms with E-state index in [1.165, 1.54) is 11.3 Å². The highest BCUT2D eigenvalue weighted by molar-refractivity contribution is 7.92. The van der Waals surface area contributed by atoms with Crippen LogP contribution in [0.2, 0.25) is 0 Å². The molecule has 17 heavy (non-hydrogen) atoms. The van der Waals surface area contributed by atoms with Crippen LogP contribution >= 0.6 is 11.3 Å². The van der Waals surface area contributed by atoms with Crippen LogP contribution in [0.5, 0.6) is 0 Å². The SMILES string of the molecule is CCCS(=O)(=O)Nc1sccc1C(=O)OCC. The van der Waals surface area contributed by atoms with Gasteiger partial charge in [0.2, 0.25) is 10.0 Å². The van der Waals surface area contributed by atoms with E-state index in [-0.39, 0.29) is 17.9 Å². The molecular weight excluding hydrogens is 262 g/mol. The molecule has 7 heteroatoms. The number of rotatable bonds is 6. The molecule has 0 fully saturated rings. The van der Waals surface area contributed by atoms with Crippen molar-refractivity contribution in [2.75, 3.05) is 17.1 Å². The van der Waals surface area contributed by atoms with Crippen LogP contribution in [0.25, 0.3) is 0 Å². The lowest BCUT2D eigenvalue weighted by atomic mass is 10.3. The Bertz CT molecular complexity index is 478. The predicted molar refractivity (Wildman–Crippen MR) is 68.0 cm³/mol. The third-order valence-electron chi connectivity index (χ3n) is 1.88. The van der Waals surface area contributed by atoms with Crippen molar-refractivity contribution < 1.29 is 17.9 Å². The molecule has 0 spiro atoms. The first-order chi connectivity index (χ1) is 8.00. The van der Waals surface area contributed by atoms with Gasteiger partial charge < -0.3 is 4.74 Å². The highest BCUT2D eigenvalue weighted by Gasteiger charge is 2.18. The second kappa shape index (κ2) is 6.02. The van der Waals surface area contributed by atoms with Gasteiger partial charge in [-0.2, -0.15) is 0 Å². The van der Waals surface area contributed by atoms with E-state index in [1.807, 2.05) is 0 Å². The van der Waals surface area contributed by atoms with Crippen LogP contribution in [0.4, 0.5) is 5.00 Å². The lowest BCUT2D eigenvalue weighted by molar-refractivity contribution is 0.0528. The minimum atomic E-state index is -3.37. The Morgan fingerprint density at radius 3 is 2.76 bits per heavy atom. The molecule has 1 rings (SSSR count). The van der Waals surface area contributed by atoms with E-state index in [2.05, 4.69) is 4.72 Å². The number of anilines is 1. The van der Waals surface area contributed by atoms with Gasteiger partial charge in [-0.15, -0.1) is 11.3 Å². The normalized spacial score (nSPS) is 11.2. The third-order valence-corrected chi connectivity index (χ3v) is 4.30. The lowest BCUT2D eigenvalue weighted by Crippen LogP contribution is -2.17. The van der Waals surface area contributed by atoms with E-state index in [4.69, 9.17) is 4.74 Å². The molecule has 0 aromatic carbocycles. The van der Waals surface area contributed by atoms with Crippen LogP contribution < -0.4 is 4.72 Å². The van der Waals surface area contributed by atoms with E-state index in [9.17, 15) is 13.2 Å². The summed E-state index contributed by atoms with van der Waals surface area (Å²) in [6, 6.07) is 1.55. The van der Waals surface area contributed by atoms with Crippen molar-refractivity contribution in [2.45, 2.75) is 20.3 Å². The van der Waals surface area contributed by atoms with Gasteiger partial charge in [-0.3, -0.25) is 4.72 Å². The van der Waals surface area contributed by atoms with Crippen LogP contribution in [0, 0.1) is 0 Å². The fraction of sp³-hybridized carbons (Fsp3) is 0.500. The molecule has 0 aliphatic carbocycles. The van der Waals surface area contributed by atoms with Crippen molar-refractivity contribution in [3.05, 3.63) is 17.0 Å². The van der Waals surface area contributed by atoms with E-state index in [0.717, 1.165) is 0 Å². The van der Waals surface area contributed by atoms with Crippen molar-refractivity contribution in [3.8, 4) is 0 Å². The first-order valence-electron chi connectivity index (χ1n) is 5.25. The molecule has 0 bridgehead atoms. The van der Waals surface area contributed by atoms with Gasteiger partial charge in [-0.1, -0.05) is 6.92 Å². The minimum absolute atomic E-state index is 0.0349. The summed E-state index contributed by atoms with van der Waals surface area (Å²) in [5.74, 6) is -0.476. The Kier molecular flexibility index (Phi) is 4.95. The van der Waals surface area contributed by atoms with Crippen molar-refractivity contribution in [3.63, 3.8) is 0 Å². The fourth-order valence-corrected chi connectivity index (χ4v) is 3.44. The van der Waals surface area contributed by atoms with Crippen molar-refractivity contribution in [1.82, 2.24) is 0 Å². The summed E-state index contributed by atoms with van der Waals surface area (Å²) in [7, 11) is -3.37. The summed E-state index contributed by atoms with van der Waals surface area (Å²) in [4.78, 5) is 11.5. The van der Waals surface area contributed by atoms with Gasteiger partial charge in [0.25, 0.3) is 0 Å². The van der Waals surface area contributed by atoms with Crippen LogP contribution in [0.3, 0.4) is 0 Å². The standard InChI is InChI=1S/C10H15NO4S2/c1-3-7-17(13,14)11-9-8(5-6-16-9)10(12)15-4-2/h5-6,11H,3-4,7H2,1-2H3. The molecule has 0 unspecified atom stereocenters. The molecule has 1 aromatic rings. The molecule has 96 valence electrons. The maximum absolute atomic E-state index is 11.6. The average molecular weight is 277 g/mol. The number of carbonyl (C=O) groups is 1. The minimum Gasteiger partial charge on any atom is -0.462 e. The van der Waals surface area contributed by atoms with Crippen molar-refractivity contribution >= 4 is 32.3 Å². The molecule has 0 radical (unpaired) electrons. The van der Waals surface area contributed by atoms with E-state index >= 15 is 0 Å². The monoisotopic (exact) mass is 277 g/mol. The first kappa shape index (κ1) is 14.0. The van der Waals surface area contributed by atoms with E-state index in [1.54, 1.807) is 25.3 Å². The summed E-state index contributed by atoms with van der Waals surface area (Å²) < 4.78 is 30.4. The lowest BCUT2D eigenvalue weighted by Gasteiger charge is -2.07. The van der Waals surface area contributed by atoms with Gasteiger partial charge in [0.1, 0.15) is 5.00 Å². The smallest absolute Gasteiger partial charge is 0.341 e. The Morgan fingerprint density at radius 2 is 2.18 bits per heavy atom. The summed E-state index contributed by atoms with van der Waals surface area (Å²) in [6.45, 7) is 3.74. The number of hydrogen-bond acceptors (Lipinski definition) is 5. The van der Waals surface area contributed by atoms with Crippen molar-refractivity contribution in [2.24, 2.45) is 0 Å². The summed E-state index contributed by atoms with van der Waals surface area (Å²) in [6.07, 6.45) is 0.523. The number of nitrogens with one attached hydrogen (secondary N) is 1. The largest absolute Gasteiger partial charge is 0.462 e. The van der Waals surface area contributed by atoms with E-state index < -0.39 is 16.0 Å². The number of carbonyl (C=O) groups excluding carboxylic acids is 1. The topological polar surface area (TPSA) is 72.5 Å². The summed E-state index contributed by atoms with van der Waals surface area (Å²) in [5.41, 5.74) is 0.261. The first-order valence-corrected chi connectivity index (χ1v) is 7.78. The zero-order valence-corrected chi connectivity index (χ0v) is 11.4. The van der Waals surface area contributed by atoms with Gasteiger partial charge in [0, 0.05) is 0 Å². The Morgan fingerprint density at radius 1 is 1.47 bits per heavy atom. The second-order valence-electron chi connectivity index (χ2n) is 3.30. The molecule has 0 saturated carbocycles.